The van der Waals surface area contributed by atoms with Gasteiger partial charge in [0.05, 0.1) is 11.1 Å². The van der Waals surface area contributed by atoms with E-state index in [-0.39, 0.29) is 22.3 Å². The van der Waals surface area contributed by atoms with Crippen molar-refractivity contribution in [1.29, 1.82) is 0 Å². The van der Waals surface area contributed by atoms with Gasteiger partial charge in [-0.3, -0.25) is 14.9 Å². The lowest BCUT2D eigenvalue weighted by molar-refractivity contribution is -0.385. The molecular formula is C33H38N4O4. The molecule has 0 saturated carbocycles. The number of hydrogen-bond acceptors (Lipinski definition) is 5. The van der Waals surface area contributed by atoms with Crippen LogP contribution in [-0.2, 0) is 16.8 Å². The molecule has 8 nitrogen and oxygen atoms in total. The zero-order valence-electron chi connectivity index (χ0n) is 24.6. The fourth-order valence-electron chi connectivity index (χ4n) is 5.57. The molecule has 0 aliphatic heterocycles. The number of para-hydroxylation sites is 1. The molecule has 1 N–H and O–H groups in total. The molecule has 0 bridgehead atoms. The molecule has 1 aromatic heterocycles. The Kier molecular flexibility index (Phi) is 8.61. The molecule has 0 unspecified atom stereocenters. The minimum atomic E-state index is -0.515. The summed E-state index contributed by atoms with van der Waals surface area (Å²) in [5.74, 6) is -0.470. The smallest absolute Gasteiger partial charge is 0.311 e. The van der Waals surface area contributed by atoms with Crippen LogP contribution in [-0.4, -0.2) is 28.2 Å². The normalized spacial score (nSPS) is 12.1. The van der Waals surface area contributed by atoms with E-state index in [9.17, 15) is 14.9 Å². The standard InChI is InChI=1S/C33H38N4O4/c1-23-27(26-14-10-11-15-28(26)36(23)20-24-12-8-7-9-13-24)19-34-35-31(38)21-41-30-17-16-25(18-29(30)37(39)40)33(5,6)22-32(2,3)4/h7-19H,20-22H2,1-6H3,(H,35,38)/b34-19-. The lowest BCUT2D eigenvalue weighted by Crippen LogP contribution is -2.26. The number of hydrogen-bond donors (Lipinski definition) is 1. The highest BCUT2D eigenvalue weighted by Crippen LogP contribution is 2.39. The van der Waals surface area contributed by atoms with E-state index in [4.69, 9.17) is 4.74 Å². The molecule has 3 aromatic carbocycles. The van der Waals surface area contributed by atoms with Gasteiger partial charge in [0.1, 0.15) is 0 Å². The number of nitrogens with one attached hydrogen (secondary N) is 1. The molecule has 1 heterocycles. The maximum atomic E-state index is 12.5. The van der Waals surface area contributed by atoms with Crippen LogP contribution in [0.2, 0.25) is 0 Å². The van der Waals surface area contributed by atoms with E-state index in [1.54, 1.807) is 18.3 Å². The predicted octanol–water partition coefficient (Wildman–Crippen LogP) is 7.15. The lowest BCUT2D eigenvalue weighted by Gasteiger charge is -2.33. The van der Waals surface area contributed by atoms with Crippen LogP contribution in [0.5, 0.6) is 5.75 Å². The molecule has 4 aromatic rings. The van der Waals surface area contributed by atoms with Gasteiger partial charge in [0.15, 0.2) is 12.4 Å². The van der Waals surface area contributed by atoms with Crippen molar-refractivity contribution in [2.24, 2.45) is 10.5 Å². The predicted molar refractivity (Wildman–Crippen MR) is 164 cm³/mol. The number of nitrogens with zero attached hydrogens (tertiary/aromatic N) is 3. The average molecular weight is 555 g/mol. The summed E-state index contributed by atoms with van der Waals surface area (Å²) >= 11 is 0. The van der Waals surface area contributed by atoms with Gasteiger partial charge in [-0.2, -0.15) is 5.10 Å². The first-order chi connectivity index (χ1) is 19.4. The topological polar surface area (TPSA) is 98.8 Å². The third kappa shape index (κ3) is 7.20. The highest BCUT2D eigenvalue weighted by Gasteiger charge is 2.30. The van der Waals surface area contributed by atoms with Crippen LogP contribution in [0.4, 0.5) is 5.69 Å². The second-order valence-electron chi connectivity index (χ2n) is 12.2. The quantitative estimate of drug-likeness (QED) is 0.128. The van der Waals surface area contributed by atoms with Gasteiger partial charge >= 0.3 is 5.69 Å². The van der Waals surface area contributed by atoms with Crippen molar-refractivity contribution in [2.75, 3.05) is 6.61 Å². The van der Waals surface area contributed by atoms with Crippen LogP contribution in [0, 0.1) is 22.5 Å². The molecule has 0 spiro atoms. The number of fused-ring (bicyclic) bond motifs is 1. The SMILES string of the molecule is Cc1c(/C=N\NC(=O)COc2ccc(C(C)(C)CC(C)(C)C)cc2[N+](=O)[O-])c2ccccc2n1Cc1ccccc1. The lowest BCUT2D eigenvalue weighted by atomic mass is 9.72. The van der Waals surface area contributed by atoms with Gasteiger partial charge in [0, 0.05) is 34.8 Å². The minimum absolute atomic E-state index is 0.0456. The number of benzene rings is 3. The van der Waals surface area contributed by atoms with Crippen molar-refractivity contribution < 1.29 is 14.5 Å². The Balaban J connectivity index is 1.45. The Morgan fingerprint density at radius 1 is 1.02 bits per heavy atom. The van der Waals surface area contributed by atoms with Crippen molar-refractivity contribution in [1.82, 2.24) is 9.99 Å². The Labute approximate surface area is 241 Å². The Morgan fingerprint density at radius 3 is 2.39 bits per heavy atom. The number of carbonyl (C=O) groups is 1. The van der Waals surface area contributed by atoms with E-state index in [1.165, 1.54) is 5.56 Å². The number of aromatic nitrogens is 1. The fraction of sp³-hybridized carbons (Fsp3) is 0.333. The monoisotopic (exact) mass is 554 g/mol. The summed E-state index contributed by atoms with van der Waals surface area (Å²) in [6.45, 7) is 12.9. The van der Waals surface area contributed by atoms with E-state index in [0.29, 0.717) is 6.54 Å². The van der Waals surface area contributed by atoms with E-state index in [0.717, 1.165) is 34.1 Å². The Bertz CT molecular complexity index is 1580. The van der Waals surface area contributed by atoms with Crippen LogP contribution in [0.25, 0.3) is 10.9 Å². The molecule has 41 heavy (non-hydrogen) atoms. The maximum absolute atomic E-state index is 12.5. The molecule has 0 aliphatic rings. The fourth-order valence-corrected chi connectivity index (χ4v) is 5.57. The highest BCUT2D eigenvalue weighted by molar-refractivity contribution is 6.01. The van der Waals surface area contributed by atoms with Crippen molar-refractivity contribution >= 4 is 28.7 Å². The Hall–Kier alpha value is -4.46. The summed E-state index contributed by atoms with van der Waals surface area (Å²) in [6, 6.07) is 23.2. The number of ether oxygens (including phenoxy) is 1. The Morgan fingerprint density at radius 2 is 1.71 bits per heavy atom. The van der Waals surface area contributed by atoms with Gasteiger partial charge in [0.2, 0.25) is 0 Å². The van der Waals surface area contributed by atoms with Crippen LogP contribution in [0.3, 0.4) is 0 Å². The molecule has 0 atom stereocenters. The third-order valence-electron chi connectivity index (χ3n) is 7.11. The number of carbonyl (C=O) groups excluding carboxylic acids is 1. The maximum Gasteiger partial charge on any atom is 0.311 e. The first-order valence-corrected chi connectivity index (χ1v) is 13.7. The van der Waals surface area contributed by atoms with Crippen LogP contribution >= 0.6 is 0 Å². The molecule has 0 aliphatic carbocycles. The average Bonchev–Trinajstić information content (AvgIpc) is 3.17. The van der Waals surface area contributed by atoms with Crippen LogP contribution in [0.1, 0.15) is 63.4 Å². The minimum Gasteiger partial charge on any atom is -0.477 e. The van der Waals surface area contributed by atoms with Gasteiger partial charge in [-0.05, 0) is 47.4 Å². The number of nitro benzene ring substituents is 1. The summed E-state index contributed by atoms with van der Waals surface area (Å²) in [7, 11) is 0. The van der Waals surface area contributed by atoms with Crippen molar-refractivity contribution in [3.05, 3.63) is 105 Å². The van der Waals surface area contributed by atoms with Gasteiger partial charge in [-0.15, -0.1) is 0 Å². The largest absolute Gasteiger partial charge is 0.477 e. The van der Waals surface area contributed by atoms with Crippen molar-refractivity contribution in [3.8, 4) is 5.75 Å². The molecular weight excluding hydrogens is 516 g/mol. The van der Waals surface area contributed by atoms with Crippen molar-refractivity contribution in [3.63, 3.8) is 0 Å². The first-order valence-electron chi connectivity index (χ1n) is 13.7. The highest BCUT2D eigenvalue weighted by atomic mass is 16.6. The van der Waals surface area contributed by atoms with Gasteiger partial charge in [-0.25, -0.2) is 5.43 Å². The first kappa shape index (κ1) is 29.5. The molecule has 8 heteroatoms. The van der Waals surface area contributed by atoms with Gasteiger partial charge < -0.3 is 9.30 Å². The van der Waals surface area contributed by atoms with Gasteiger partial charge in [-0.1, -0.05) is 89.2 Å². The number of hydrazone groups is 1. The number of amides is 1. The second-order valence-corrected chi connectivity index (χ2v) is 12.2. The molecule has 214 valence electrons. The summed E-state index contributed by atoms with van der Waals surface area (Å²) in [5, 5.41) is 17.0. The third-order valence-corrected chi connectivity index (χ3v) is 7.11. The van der Waals surface area contributed by atoms with E-state index in [2.05, 4.69) is 67.9 Å². The molecule has 0 saturated heterocycles. The van der Waals surface area contributed by atoms with Crippen LogP contribution in [0.15, 0.2) is 77.9 Å². The molecule has 0 radical (unpaired) electrons. The van der Waals surface area contributed by atoms with E-state index in [1.807, 2.05) is 49.4 Å². The zero-order chi connectivity index (χ0) is 29.8. The summed E-state index contributed by atoms with van der Waals surface area (Å²) < 4.78 is 7.79. The zero-order valence-corrected chi connectivity index (χ0v) is 24.6. The molecule has 1 amide bonds. The summed E-state index contributed by atoms with van der Waals surface area (Å²) in [6.07, 6.45) is 2.48. The second kappa shape index (κ2) is 12.0. The molecule has 4 rings (SSSR count). The summed E-state index contributed by atoms with van der Waals surface area (Å²) in [5.41, 5.74) is 7.15. The van der Waals surface area contributed by atoms with E-state index < -0.39 is 17.4 Å². The number of rotatable bonds is 10. The van der Waals surface area contributed by atoms with Crippen LogP contribution < -0.4 is 10.2 Å². The van der Waals surface area contributed by atoms with E-state index >= 15 is 0 Å². The number of nitro groups is 1. The molecule has 0 fully saturated rings. The summed E-state index contributed by atoms with van der Waals surface area (Å²) in [4.78, 5) is 23.9. The van der Waals surface area contributed by atoms with Gasteiger partial charge in [0.25, 0.3) is 5.91 Å². The van der Waals surface area contributed by atoms with Crippen molar-refractivity contribution in [2.45, 2.75) is 59.9 Å².